The minimum Gasteiger partial charge on any atom is -0.410 e. The Morgan fingerprint density at radius 3 is 2.40 bits per heavy atom. The molecule has 0 bridgehead atoms. The molecule has 0 N–H and O–H groups in total. The van der Waals surface area contributed by atoms with Crippen molar-refractivity contribution in [1.82, 2.24) is 19.8 Å². The van der Waals surface area contributed by atoms with Gasteiger partial charge in [0.2, 0.25) is 0 Å². The van der Waals surface area contributed by atoms with Crippen LogP contribution in [0.1, 0.15) is 22.5 Å². The molecule has 0 aliphatic carbocycles. The van der Waals surface area contributed by atoms with Crippen molar-refractivity contribution in [2.24, 2.45) is 0 Å². The first-order valence-electron chi connectivity index (χ1n) is 10.3. The van der Waals surface area contributed by atoms with Crippen LogP contribution < -0.4 is 4.74 Å². The fourth-order valence-corrected chi connectivity index (χ4v) is 3.55. The Kier molecular flexibility index (Phi) is 6.35. The molecule has 0 saturated carbocycles. The zero-order valence-corrected chi connectivity index (χ0v) is 17.2. The molecule has 6 nitrogen and oxygen atoms in total. The molecule has 1 aromatic carbocycles. The van der Waals surface area contributed by atoms with Crippen LogP contribution in [0.3, 0.4) is 0 Å². The van der Waals surface area contributed by atoms with Gasteiger partial charge in [-0.3, -0.25) is 14.9 Å². The van der Waals surface area contributed by atoms with Gasteiger partial charge in [-0.25, -0.2) is 4.79 Å². The molecular weight excluding hydrogens is 376 g/mol. The van der Waals surface area contributed by atoms with Crippen molar-refractivity contribution in [1.29, 1.82) is 0 Å². The van der Waals surface area contributed by atoms with E-state index in [-0.39, 0.29) is 6.09 Å². The summed E-state index contributed by atoms with van der Waals surface area (Å²) < 4.78 is 5.57. The van der Waals surface area contributed by atoms with Gasteiger partial charge in [-0.1, -0.05) is 18.2 Å². The first-order valence-corrected chi connectivity index (χ1v) is 10.3. The third-order valence-corrected chi connectivity index (χ3v) is 5.23. The largest absolute Gasteiger partial charge is 0.415 e. The first-order chi connectivity index (χ1) is 14.7. The number of benzene rings is 1. The smallest absolute Gasteiger partial charge is 0.410 e. The van der Waals surface area contributed by atoms with Crippen LogP contribution in [0.5, 0.6) is 5.75 Å². The molecule has 30 heavy (non-hydrogen) atoms. The lowest BCUT2D eigenvalue weighted by Gasteiger charge is -2.33. The summed E-state index contributed by atoms with van der Waals surface area (Å²) in [5.41, 5.74) is 4.42. The van der Waals surface area contributed by atoms with E-state index >= 15 is 0 Å². The van der Waals surface area contributed by atoms with Gasteiger partial charge < -0.3 is 9.64 Å². The first kappa shape index (κ1) is 20.0. The van der Waals surface area contributed by atoms with Crippen LogP contribution in [0, 0.1) is 6.92 Å². The Labute approximate surface area is 177 Å². The Hall–Kier alpha value is -3.25. The predicted octanol–water partition coefficient (Wildman–Crippen LogP) is 3.69. The lowest BCUT2D eigenvalue weighted by molar-refractivity contribution is 0.107. The standard InChI is InChI=1S/C24H26N4O2/c1-19-9-11-26-22(16-19)17-20-5-7-23(8-6-20)30-24(29)28-14-12-27(13-15-28)18-21-4-2-3-10-25-21/h2-11,16H,12-15,17-18H2,1H3. The number of hydrogen-bond acceptors (Lipinski definition) is 5. The lowest BCUT2D eigenvalue weighted by atomic mass is 10.1. The quantitative estimate of drug-likeness (QED) is 0.651. The van der Waals surface area contributed by atoms with E-state index in [0.29, 0.717) is 18.8 Å². The molecule has 0 atom stereocenters. The normalized spacial score (nSPS) is 14.5. The average Bonchev–Trinajstić information content (AvgIpc) is 2.76. The maximum Gasteiger partial charge on any atom is 0.415 e. The number of pyridine rings is 2. The van der Waals surface area contributed by atoms with Crippen LogP contribution in [-0.2, 0) is 13.0 Å². The fraction of sp³-hybridized carbons (Fsp3) is 0.292. The van der Waals surface area contributed by atoms with E-state index < -0.39 is 0 Å². The van der Waals surface area contributed by atoms with E-state index in [2.05, 4.69) is 27.9 Å². The Morgan fingerprint density at radius 1 is 0.933 bits per heavy atom. The number of amides is 1. The molecular formula is C24H26N4O2. The summed E-state index contributed by atoms with van der Waals surface area (Å²) in [7, 11) is 0. The minimum atomic E-state index is -0.291. The summed E-state index contributed by atoms with van der Waals surface area (Å²) in [4.78, 5) is 25.3. The van der Waals surface area contributed by atoms with Crippen molar-refractivity contribution < 1.29 is 9.53 Å². The zero-order chi connectivity index (χ0) is 20.8. The number of aromatic nitrogens is 2. The average molecular weight is 402 g/mol. The SMILES string of the molecule is Cc1ccnc(Cc2ccc(OC(=O)N3CCN(Cc4ccccn4)CC3)cc2)c1. The summed E-state index contributed by atoms with van der Waals surface area (Å²) in [5, 5.41) is 0. The van der Waals surface area contributed by atoms with Crippen LogP contribution in [0.15, 0.2) is 67.0 Å². The zero-order valence-electron chi connectivity index (χ0n) is 17.2. The number of carbonyl (C=O) groups excluding carboxylic acids is 1. The van der Waals surface area contributed by atoms with Crippen molar-refractivity contribution >= 4 is 6.09 Å². The summed E-state index contributed by atoms with van der Waals surface area (Å²) in [6.07, 6.45) is 4.11. The number of hydrogen-bond donors (Lipinski definition) is 0. The van der Waals surface area contributed by atoms with Crippen LogP contribution in [0.25, 0.3) is 0 Å². The fourth-order valence-electron chi connectivity index (χ4n) is 3.55. The topological polar surface area (TPSA) is 58.6 Å². The van der Waals surface area contributed by atoms with Gasteiger partial charge in [-0.15, -0.1) is 0 Å². The van der Waals surface area contributed by atoms with Crippen molar-refractivity contribution in [3.8, 4) is 5.75 Å². The molecule has 154 valence electrons. The van der Waals surface area contributed by atoms with Crippen molar-refractivity contribution in [3.63, 3.8) is 0 Å². The maximum atomic E-state index is 12.5. The van der Waals surface area contributed by atoms with E-state index in [9.17, 15) is 4.79 Å². The molecule has 1 fully saturated rings. The van der Waals surface area contributed by atoms with Gasteiger partial charge in [0, 0.05) is 57.2 Å². The van der Waals surface area contributed by atoms with Crippen LogP contribution in [0.2, 0.25) is 0 Å². The van der Waals surface area contributed by atoms with Crippen LogP contribution >= 0.6 is 0 Å². The number of nitrogens with zero attached hydrogens (tertiary/aromatic N) is 4. The molecule has 2 aromatic heterocycles. The van der Waals surface area contributed by atoms with Gasteiger partial charge in [0.1, 0.15) is 5.75 Å². The summed E-state index contributed by atoms with van der Waals surface area (Å²) in [5.74, 6) is 0.567. The maximum absolute atomic E-state index is 12.5. The highest BCUT2D eigenvalue weighted by Gasteiger charge is 2.22. The Morgan fingerprint density at radius 2 is 1.70 bits per heavy atom. The highest BCUT2D eigenvalue weighted by Crippen LogP contribution is 2.17. The minimum absolute atomic E-state index is 0.291. The van der Waals surface area contributed by atoms with Gasteiger partial charge in [-0.05, 0) is 54.4 Å². The Balaban J connectivity index is 1.26. The number of rotatable bonds is 5. The van der Waals surface area contributed by atoms with Gasteiger partial charge in [0.05, 0.1) is 5.69 Å². The molecule has 0 unspecified atom stereocenters. The third-order valence-electron chi connectivity index (χ3n) is 5.23. The Bertz CT molecular complexity index is 968. The van der Waals surface area contributed by atoms with Gasteiger partial charge in [-0.2, -0.15) is 0 Å². The van der Waals surface area contributed by atoms with E-state index in [1.54, 1.807) is 4.90 Å². The second-order valence-electron chi connectivity index (χ2n) is 7.60. The molecule has 0 spiro atoms. The predicted molar refractivity (Wildman–Crippen MR) is 115 cm³/mol. The lowest BCUT2D eigenvalue weighted by Crippen LogP contribution is -2.49. The molecule has 6 heteroatoms. The van der Waals surface area contributed by atoms with Crippen LogP contribution in [-0.4, -0.2) is 52.0 Å². The molecule has 1 saturated heterocycles. The second kappa shape index (κ2) is 9.50. The van der Waals surface area contributed by atoms with E-state index in [0.717, 1.165) is 43.0 Å². The highest BCUT2D eigenvalue weighted by molar-refractivity contribution is 5.70. The molecule has 4 rings (SSSR count). The van der Waals surface area contributed by atoms with Gasteiger partial charge in [0.25, 0.3) is 0 Å². The molecule has 0 radical (unpaired) electrons. The number of piperazine rings is 1. The monoisotopic (exact) mass is 402 g/mol. The summed E-state index contributed by atoms with van der Waals surface area (Å²) in [6, 6.07) is 17.7. The molecule has 1 amide bonds. The molecule has 3 heterocycles. The number of ether oxygens (including phenoxy) is 1. The number of carbonyl (C=O) groups is 1. The highest BCUT2D eigenvalue weighted by atomic mass is 16.6. The van der Waals surface area contributed by atoms with Gasteiger partial charge in [0.15, 0.2) is 0 Å². The number of aryl methyl sites for hydroxylation is 1. The van der Waals surface area contributed by atoms with Gasteiger partial charge >= 0.3 is 6.09 Å². The van der Waals surface area contributed by atoms with E-state index in [4.69, 9.17) is 4.74 Å². The molecule has 1 aliphatic rings. The van der Waals surface area contributed by atoms with Crippen molar-refractivity contribution in [3.05, 3.63) is 89.5 Å². The summed E-state index contributed by atoms with van der Waals surface area (Å²) in [6.45, 7) is 5.81. The van der Waals surface area contributed by atoms with Crippen molar-refractivity contribution in [2.75, 3.05) is 26.2 Å². The van der Waals surface area contributed by atoms with Crippen molar-refractivity contribution in [2.45, 2.75) is 19.9 Å². The van der Waals surface area contributed by atoms with Crippen LogP contribution in [0.4, 0.5) is 4.79 Å². The molecule has 3 aromatic rings. The van der Waals surface area contributed by atoms with E-state index in [1.165, 1.54) is 5.56 Å². The third kappa shape index (κ3) is 5.42. The molecule has 1 aliphatic heterocycles. The second-order valence-corrected chi connectivity index (χ2v) is 7.60. The summed E-state index contributed by atoms with van der Waals surface area (Å²) >= 11 is 0. The van der Waals surface area contributed by atoms with E-state index in [1.807, 2.05) is 60.9 Å².